The Hall–Kier alpha value is -0.960. The van der Waals surface area contributed by atoms with Gasteiger partial charge in [0.15, 0.2) is 5.17 Å². The van der Waals surface area contributed by atoms with Gasteiger partial charge in [0.2, 0.25) is 0 Å². The molecule has 0 amide bonds. The largest absolute Gasteiger partial charge is 0.362 e. The van der Waals surface area contributed by atoms with Gasteiger partial charge in [0.25, 0.3) is 0 Å². The van der Waals surface area contributed by atoms with Gasteiger partial charge in [0.05, 0.1) is 11.8 Å². The number of hydrogen-bond acceptors (Lipinski definition) is 3. The average Bonchev–Trinajstić information content (AvgIpc) is 2.86. The summed E-state index contributed by atoms with van der Waals surface area (Å²) in [7, 11) is 0. The van der Waals surface area contributed by atoms with Crippen LogP contribution in [0.4, 0.5) is 0 Å². The van der Waals surface area contributed by atoms with Gasteiger partial charge in [-0.2, -0.15) is 0 Å². The van der Waals surface area contributed by atoms with E-state index in [2.05, 4.69) is 42.6 Å². The Morgan fingerprint density at radius 2 is 1.90 bits per heavy atom. The van der Waals surface area contributed by atoms with Crippen molar-refractivity contribution < 1.29 is 0 Å². The summed E-state index contributed by atoms with van der Waals surface area (Å²) in [5, 5.41) is 5.38. The van der Waals surface area contributed by atoms with Crippen LogP contribution < -0.4 is 5.32 Å². The molecule has 2 nitrogen and oxygen atoms in total. The molecule has 1 saturated carbocycles. The second-order valence-electron chi connectivity index (χ2n) is 6.03. The number of nitrogens with zero attached hydrogens (tertiary/aromatic N) is 1. The lowest BCUT2D eigenvalue weighted by molar-refractivity contribution is 0.402. The molecule has 1 aromatic rings. The number of hydrogen-bond donors (Lipinski definition) is 1. The molecule has 0 spiro atoms. The molecule has 3 atom stereocenters. The Labute approximate surface area is 126 Å². The minimum absolute atomic E-state index is 0.500. The third kappa shape index (κ3) is 3.38. The van der Waals surface area contributed by atoms with Crippen molar-refractivity contribution in [3.63, 3.8) is 0 Å². The minimum Gasteiger partial charge on any atom is -0.362 e. The van der Waals surface area contributed by atoms with Crippen LogP contribution in [0.1, 0.15) is 49.8 Å². The van der Waals surface area contributed by atoms with Crippen LogP contribution in [0.3, 0.4) is 0 Å². The average molecular weight is 288 g/mol. The molecule has 0 aromatic heterocycles. The molecule has 0 bridgehead atoms. The summed E-state index contributed by atoms with van der Waals surface area (Å²) in [5.74, 6) is 0.775. The third-order valence-corrected chi connectivity index (χ3v) is 5.67. The van der Waals surface area contributed by atoms with E-state index < -0.39 is 0 Å². The lowest BCUT2D eigenvalue weighted by Crippen LogP contribution is -2.37. The highest BCUT2D eigenvalue weighted by Gasteiger charge is 2.25. The van der Waals surface area contributed by atoms with Gasteiger partial charge in [-0.25, -0.2) is 0 Å². The van der Waals surface area contributed by atoms with Crippen molar-refractivity contribution in [2.24, 2.45) is 10.9 Å². The molecule has 1 fully saturated rings. The van der Waals surface area contributed by atoms with Crippen LogP contribution in [0.5, 0.6) is 0 Å². The molecule has 3 unspecified atom stereocenters. The highest BCUT2D eigenvalue weighted by Crippen LogP contribution is 2.35. The van der Waals surface area contributed by atoms with E-state index in [1.54, 1.807) is 0 Å². The van der Waals surface area contributed by atoms with E-state index in [-0.39, 0.29) is 0 Å². The second kappa shape index (κ2) is 6.66. The Morgan fingerprint density at radius 1 is 1.10 bits per heavy atom. The van der Waals surface area contributed by atoms with Gasteiger partial charge in [-0.3, -0.25) is 4.99 Å². The van der Waals surface area contributed by atoms with E-state index in [1.165, 1.54) is 37.7 Å². The number of aliphatic imine (C=N–C) groups is 1. The number of thioether (sulfide) groups is 1. The quantitative estimate of drug-likeness (QED) is 0.816. The van der Waals surface area contributed by atoms with Gasteiger partial charge in [0, 0.05) is 6.04 Å². The van der Waals surface area contributed by atoms with E-state index in [4.69, 9.17) is 4.99 Å². The normalized spacial score (nSPS) is 30.6. The maximum absolute atomic E-state index is 4.72. The number of nitrogens with one attached hydrogen (secondary N) is 1. The van der Waals surface area contributed by atoms with Crippen LogP contribution in [0, 0.1) is 5.92 Å². The highest BCUT2D eigenvalue weighted by molar-refractivity contribution is 8.14. The van der Waals surface area contributed by atoms with Gasteiger partial charge in [-0.05, 0) is 24.3 Å². The predicted octanol–water partition coefficient (Wildman–Crippen LogP) is 4.39. The Bertz CT molecular complexity index is 457. The van der Waals surface area contributed by atoms with Gasteiger partial charge >= 0.3 is 0 Å². The van der Waals surface area contributed by atoms with E-state index in [9.17, 15) is 0 Å². The molecular weight excluding hydrogens is 264 g/mol. The van der Waals surface area contributed by atoms with E-state index in [1.807, 2.05) is 11.8 Å². The summed E-state index contributed by atoms with van der Waals surface area (Å²) in [6, 6.07) is 11.4. The Morgan fingerprint density at radius 3 is 2.75 bits per heavy atom. The number of rotatable bonds is 2. The fourth-order valence-corrected chi connectivity index (χ4v) is 4.24. The molecule has 1 aliphatic carbocycles. The van der Waals surface area contributed by atoms with Gasteiger partial charge < -0.3 is 5.32 Å². The molecule has 0 radical (unpaired) electrons. The number of amidine groups is 1. The summed E-state index contributed by atoms with van der Waals surface area (Å²) in [5.41, 5.74) is 1.40. The molecule has 20 heavy (non-hydrogen) atoms. The fraction of sp³-hybridized carbons (Fsp3) is 0.588. The standard InChI is InChI=1S/C17H24N2S/c1-13-8-4-2-7-11-15(13)19-17-18-12-16(20-17)14-9-5-3-6-10-14/h3,5-6,9-10,13,15-16H,2,4,7-8,11-12H2,1H3,(H,18,19). The highest BCUT2D eigenvalue weighted by atomic mass is 32.2. The van der Waals surface area contributed by atoms with Crippen molar-refractivity contribution in [2.75, 3.05) is 6.54 Å². The zero-order valence-corrected chi connectivity index (χ0v) is 13.0. The predicted molar refractivity (Wildman–Crippen MR) is 88.2 cm³/mol. The SMILES string of the molecule is CC1CCCCCC1NC1=NCC(c2ccccc2)S1. The fourth-order valence-electron chi connectivity index (χ4n) is 3.16. The van der Waals surface area contributed by atoms with Crippen LogP contribution in [-0.4, -0.2) is 17.8 Å². The van der Waals surface area contributed by atoms with Crippen LogP contribution in [0.15, 0.2) is 35.3 Å². The van der Waals surface area contributed by atoms with Crippen molar-refractivity contribution in [2.45, 2.75) is 50.3 Å². The molecule has 3 heteroatoms. The summed E-state index contributed by atoms with van der Waals surface area (Å²) in [6.07, 6.45) is 6.82. The zero-order valence-electron chi connectivity index (χ0n) is 12.2. The maximum atomic E-state index is 4.72. The van der Waals surface area contributed by atoms with Crippen molar-refractivity contribution >= 4 is 16.9 Å². The van der Waals surface area contributed by atoms with Gasteiger partial charge in [-0.15, -0.1) is 0 Å². The molecule has 3 rings (SSSR count). The van der Waals surface area contributed by atoms with E-state index in [0.717, 1.165) is 17.6 Å². The lowest BCUT2D eigenvalue weighted by atomic mass is 9.97. The van der Waals surface area contributed by atoms with Crippen LogP contribution in [-0.2, 0) is 0 Å². The first-order valence-electron chi connectivity index (χ1n) is 7.85. The number of benzene rings is 1. The Balaban J connectivity index is 1.57. The summed E-state index contributed by atoms with van der Waals surface area (Å²) in [6.45, 7) is 3.30. The second-order valence-corrected chi connectivity index (χ2v) is 7.22. The summed E-state index contributed by atoms with van der Waals surface area (Å²) < 4.78 is 0. The van der Waals surface area contributed by atoms with Crippen LogP contribution in [0.2, 0.25) is 0 Å². The molecule has 0 saturated heterocycles. The monoisotopic (exact) mass is 288 g/mol. The minimum atomic E-state index is 0.500. The van der Waals surface area contributed by atoms with Crippen LogP contribution >= 0.6 is 11.8 Å². The van der Waals surface area contributed by atoms with Gasteiger partial charge in [0.1, 0.15) is 0 Å². The third-order valence-electron chi connectivity index (χ3n) is 4.50. The van der Waals surface area contributed by atoms with Crippen molar-refractivity contribution in [1.82, 2.24) is 5.32 Å². The van der Waals surface area contributed by atoms with Crippen molar-refractivity contribution in [1.29, 1.82) is 0 Å². The molecule has 1 heterocycles. The van der Waals surface area contributed by atoms with Crippen LogP contribution in [0.25, 0.3) is 0 Å². The zero-order chi connectivity index (χ0) is 13.8. The Kier molecular flexibility index (Phi) is 4.66. The summed E-state index contributed by atoms with van der Waals surface area (Å²) >= 11 is 1.91. The van der Waals surface area contributed by atoms with Crippen molar-refractivity contribution in [3.05, 3.63) is 35.9 Å². The van der Waals surface area contributed by atoms with Gasteiger partial charge in [-0.1, -0.05) is 68.3 Å². The lowest BCUT2D eigenvalue weighted by Gasteiger charge is -2.23. The molecule has 1 aromatic carbocycles. The maximum Gasteiger partial charge on any atom is 0.157 e. The van der Waals surface area contributed by atoms with Crippen molar-refractivity contribution in [3.8, 4) is 0 Å². The molecule has 1 aliphatic heterocycles. The van der Waals surface area contributed by atoms with E-state index >= 15 is 0 Å². The molecule has 1 N–H and O–H groups in total. The smallest absolute Gasteiger partial charge is 0.157 e. The molecular formula is C17H24N2S. The first-order valence-corrected chi connectivity index (χ1v) is 8.73. The molecule has 2 aliphatic rings. The summed E-state index contributed by atoms with van der Waals surface area (Å²) in [4.78, 5) is 4.72. The molecule has 108 valence electrons. The van der Waals surface area contributed by atoms with E-state index in [0.29, 0.717) is 11.3 Å². The first-order chi connectivity index (χ1) is 9.83. The topological polar surface area (TPSA) is 24.4 Å². The first kappa shape index (κ1) is 14.0.